The molecule has 0 bridgehead atoms. The van der Waals surface area contributed by atoms with Crippen molar-refractivity contribution < 1.29 is 27.5 Å². The van der Waals surface area contributed by atoms with Crippen LogP contribution in [0.15, 0.2) is 60.8 Å². The van der Waals surface area contributed by atoms with E-state index in [1.807, 2.05) is 0 Å². The largest absolute Gasteiger partial charge is 0.463 e. The Balaban J connectivity index is 1.71. The minimum Gasteiger partial charge on any atom is -0.463 e. The second-order valence-electron chi connectivity index (χ2n) is 6.22. The van der Waals surface area contributed by atoms with Crippen LogP contribution in [0.4, 0.5) is 18.9 Å². The number of alkyl halides is 3. The van der Waals surface area contributed by atoms with Gasteiger partial charge < -0.3 is 10.1 Å². The van der Waals surface area contributed by atoms with Gasteiger partial charge in [-0.05, 0) is 42.8 Å². The predicted molar refractivity (Wildman–Crippen MR) is 106 cm³/mol. The van der Waals surface area contributed by atoms with Gasteiger partial charge in [0.2, 0.25) is 0 Å². The van der Waals surface area contributed by atoms with Gasteiger partial charge in [-0.3, -0.25) is 4.79 Å². The topological polar surface area (TPSA) is 86.1 Å². The van der Waals surface area contributed by atoms with Gasteiger partial charge in [0.15, 0.2) is 5.69 Å². The van der Waals surface area contributed by atoms with Crippen molar-refractivity contribution >= 4 is 23.6 Å². The molecule has 31 heavy (non-hydrogen) atoms. The van der Waals surface area contributed by atoms with Crippen LogP contribution in [0.2, 0.25) is 0 Å². The summed E-state index contributed by atoms with van der Waals surface area (Å²) in [4.78, 5) is 23.7. The number of nitrogens with zero attached hydrogens (tertiary/aromatic N) is 3. The van der Waals surface area contributed by atoms with Crippen molar-refractivity contribution in [3.05, 3.63) is 77.6 Å². The van der Waals surface area contributed by atoms with Crippen molar-refractivity contribution in [2.45, 2.75) is 13.1 Å². The zero-order chi connectivity index (χ0) is 22.4. The number of esters is 1. The second-order valence-corrected chi connectivity index (χ2v) is 6.22. The molecule has 0 spiro atoms. The molecule has 7 nitrogen and oxygen atoms in total. The minimum atomic E-state index is -4.57. The quantitative estimate of drug-likeness (QED) is 0.470. The third-order valence-electron chi connectivity index (χ3n) is 4.05. The average Bonchev–Trinajstić information content (AvgIpc) is 3.23. The van der Waals surface area contributed by atoms with E-state index in [1.54, 1.807) is 37.3 Å². The van der Waals surface area contributed by atoms with E-state index in [0.29, 0.717) is 11.3 Å². The Morgan fingerprint density at radius 1 is 1.13 bits per heavy atom. The summed E-state index contributed by atoms with van der Waals surface area (Å²) in [7, 11) is 0. The number of carbonyl (C=O) groups is 2. The fourth-order valence-electron chi connectivity index (χ4n) is 2.63. The molecule has 3 aromatic rings. The van der Waals surface area contributed by atoms with Crippen molar-refractivity contribution in [3.63, 3.8) is 0 Å². The smallest absolute Gasteiger partial charge is 0.418 e. The van der Waals surface area contributed by atoms with E-state index in [2.05, 4.69) is 15.6 Å². The molecule has 0 saturated carbocycles. The number of anilines is 1. The number of hydrogen-bond acceptors (Lipinski definition) is 5. The van der Waals surface area contributed by atoms with Gasteiger partial charge in [0.05, 0.1) is 24.1 Å². The Labute approximate surface area is 175 Å². The van der Waals surface area contributed by atoms with Crippen LogP contribution in [0.3, 0.4) is 0 Å². The minimum absolute atomic E-state index is 0.150. The van der Waals surface area contributed by atoms with Gasteiger partial charge in [0.25, 0.3) is 5.91 Å². The van der Waals surface area contributed by atoms with E-state index in [1.165, 1.54) is 24.3 Å². The van der Waals surface area contributed by atoms with Gasteiger partial charge in [0.1, 0.15) is 0 Å². The van der Waals surface area contributed by atoms with E-state index in [4.69, 9.17) is 4.74 Å². The Bertz CT molecular complexity index is 1110. The van der Waals surface area contributed by atoms with E-state index in [0.717, 1.165) is 16.9 Å². The van der Waals surface area contributed by atoms with Crippen molar-refractivity contribution in [1.82, 2.24) is 15.0 Å². The Morgan fingerprint density at radius 2 is 1.84 bits per heavy atom. The number of benzene rings is 2. The molecule has 1 N–H and O–H groups in total. The summed E-state index contributed by atoms with van der Waals surface area (Å²) in [5.41, 5.74) is -0.134. The maximum Gasteiger partial charge on any atom is 0.418 e. The molecular formula is C21H17F3N4O3. The van der Waals surface area contributed by atoms with Crippen LogP contribution < -0.4 is 5.32 Å². The van der Waals surface area contributed by atoms with Crippen molar-refractivity contribution in [2.75, 3.05) is 11.9 Å². The van der Waals surface area contributed by atoms with Gasteiger partial charge in [-0.2, -0.15) is 13.2 Å². The number of ether oxygens (including phenoxy) is 1. The van der Waals surface area contributed by atoms with E-state index in [-0.39, 0.29) is 18.0 Å². The molecule has 0 radical (unpaired) electrons. The number of carbonyl (C=O) groups excluding carboxylic acids is 2. The number of para-hydroxylation sites is 1. The third kappa shape index (κ3) is 5.56. The van der Waals surface area contributed by atoms with Gasteiger partial charge >= 0.3 is 12.1 Å². The third-order valence-corrected chi connectivity index (χ3v) is 4.05. The van der Waals surface area contributed by atoms with Crippen molar-refractivity contribution in [1.29, 1.82) is 0 Å². The van der Waals surface area contributed by atoms with Crippen LogP contribution in [-0.4, -0.2) is 33.5 Å². The number of aromatic nitrogens is 3. The lowest BCUT2D eigenvalue weighted by molar-refractivity contribution is -0.138. The molecule has 0 unspecified atom stereocenters. The van der Waals surface area contributed by atoms with Gasteiger partial charge in [-0.25, -0.2) is 9.48 Å². The summed E-state index contributed by atoms with van der Waals surface area (Å²) >= 11 is 0. The predicted octanol–water partition coefficient (Wildman–Crippen LogP) is 4.11. The van der Waals surface area contributed by atoms with Gasteiger partial charge in [-0.1, -0.05) is 29.5 Å². The van der Waals surface area contributed by atoms with E-state index >= 15 is 0 Å². The SMILES string of the molecule is CCOC(=O)/C=C/c1ccc(NC(=O)c2cn(-c3ccccc3C(F)(F)F)nn2)cc1. The second kappa shape index (κ2) is 9.24. The molecule has 0 aliphatic rings. The molecule has 0 fully saturated rings. The molecule has 2 aromatic carbocycles. The normalized spacial score (nSPS) is 11.5. The molecule has 0 atom stereocenters. The number of amides is 1. The van der Waals surface area contributed by atoms with Crippen LogP contribution in [0.1, 0.15) is 28.5 Å². The first-order valence-electron chi connectivity index (χ1n) is 9.13. The summed E-state index contributed by atoms with van der Waals surface area (Å²) < 4.78 is 45.3. The maximum absolute atomic E-state index is 13.2. The van der Waals surface area contributed by atoms with Gasteiger partial charge in [-0.15, -0.1) is 5.10 Å². The average molecular weight is 430 g/mol. The standard InChI is InChI=1S/C21H17F3N4O3/c1-2-31-19(29)12-9-14-7-10-15(11-8-14)25-20(30)17-13-28(27-26-17)18-6-4-3-5-16(18)21(22,23)24/h3-13H,2H2,1H3,(H,25,30)/b12-9+. The van der Waals surface area contributed by atoms with E-state index in [9.17, 15) is 22.8 Å². The number of nitrogens with one attached hydrogen (secondary N) is 1. The molecule has 0 saturated heterocycles. The monoisotopic (exact) mass is 430 g/mol. The van der Waals surface area contributed by atoms with Crippen LogP contribution in [0.5, 0.6) is 0 Å². The zero-order valence-electron chi connectivity index (χ0n) is 16.3. The Hall–Kier alpha value is -3.95. The number of rotatable bonds is 6. The summed E-state index contributed by atoms with van der Waals surface area (Å²) in [6.07, 6.45) is -0.605. The highest BCUT2D eigenvalue weighted by Crippen LogP contribution is 2.33. The zero-order valence-corrected chi connectivity index (χ0v) is 16.3. The molecule has 1 heterocycles. The van der Waals surface area contributed by atoms with Crippen LogP contribution >= 0.6 is 0 Å². The van der Waals surface area contributed by atoms with Crippen LogP contribution in [-0.2, 0) is 15.7 Å². The van der Waals surface area contributed by atoms with Gasteiger partial charge in [0, 0.05) is 11.8 Å². The maximum atomic E-state index is 13.2. The highest BCUT2D eigenvalue weighted by molar-refractivity contribution is 6.02. The van der Waals surface area contributed by atoms with Crippen LogP contribution in [0, 0.1) is 0 Å². The highest BCUT2D eigenvalue weighted by Gasteiger charge is 2.34. The lowest BCUT2D eigenvalue weighted by Gasteiger charge is -2.11. The first-order valence-corrected chi connectivity index (χ1v) is 9.13. The molecule has 0 aliphatic heterocycles. The first kappa shape index (κ1) is 21.8. The molecule has 0 aliphatic carbocycles. The molecule has 160 valence electrons. The van der Waals surface area contributed by atoms with E-state index < -0.39 is 23.6 Å². The fourth-order valence-corrected chi connectivity index (χ4v) is 2.63. The molecular weight excluding hydrogens is 413 g/mol. The van der Waals surface area contributed by atoms with Crippen molar-refractivity contribution in [3.8, 4) is 5.69 Å². The van der Waals surface area contributed by atoms with Crippen LogP contribution in [0.25, 0.3) is 11.8 Å². The van der Waals surface area contributed by atoms with Crippen molar-refractivity contribution in [2.24, 2.45) is 0 Å². The summed E-state index contributed by atoms with van der Waals surface area (Å²) in [5.74, 6) is -1.10. The lowest BCUT2D eigenvalue weighted by Crippen LogP contribution is -2.12. The lowest BCUT2D eigenvalue weighted by atomic mass is 10.1. The molecule has 3 rings (SSSR count). The fraction of sp³-hybridized carbons (Fsp3) is 0.143. The number of hydrogen-bond donors (Lipinski definition) is 1. The molecule has 10 heteroatoms. The number of halogens is 3. The summed E-state index contributed by atoms with van der Waals surface area (Å²) in [6, 6.07) is 11.4. The Morgan fingerprint density at radius 3 is 2.52 bits per heavy atom. The summed E-state index contributed by atoms with van der Waals surface area (Å²) in [6.45, 7) is 1.98. The highest BCUT2D eigenvalue weighted by atomic mass is 19.4. The first-order chi connectivity index (χ1) is 14.8. The Kier molecular flexibility index (Phi) is 6.49. The molecule has 1 aromatic heterocycles. The summed E-state index contributed by atoms with van der Waals surface area (Å²) in [5, 5.41) is 9.90. The molecule has 1 amide bonds.